The van der Waals surface area contributed by atoms with Crippen molar-refractivity contribution in [1.29, 1.82) is 5.26 Å². The van der Waals surface area contributed by atoms with E-state index in [2.05, 4.69) is 23.2 Å². The highest BCUT2D eigenvalue weighted by Crippen LogP contribution is 2.45. The molecule has 2 aromatic carbocycles. The van der Waals surface area contributed by atoms with Crippen molar-refractivity contribution in [2.24, 2.45) is 5.73 Å². The fraction of sp³-hybridized carbons (Fsp3) is 0.250. The molecular weight excluding hydrogens is 428 g/mol. The number of allylic oxidation sites excluding steroid dienone is 1. The molecular formula is C24H23ClN4O3. The first-order valence-electron chi connectivity index (χ1n) is 10.3. The number of methoxy groups -OCH3 is 1. The second-order valence-electron chi connectivity index (χ2n) is 7.39. The molecule has 1 aliphatic rings. The van der Waals surface area contributed by atoms with Crippen LogP contribution in [0.5, 0.6) is 17.4 Å². The first-order chi connectivity index (χ1) is 15.6. The summed E-state index contributed by atoms with van der Waals surface area (Å²) in [6, 6.07) is 15.3. The quantitative estimate of drug-likeness (QED) is 0.534. The number of benzene rings is 2. The molecule has 3 aromatic rings. The molecule has 0 bridgehead atoms. The van der Waals surface area contributed by atoms with Gasteiger partial charge in [0, 0.05) is 21.8 Å². The summed E-state index contributed by atoms with van der Waals surface area (Å²) in [5.74, 6) is 1.14. The molecule has 4 rings (SSSR count). The normalized spacial score (nSPS) is 15.0. The van der Waals surface area contributed by atoms with E-state index in [4.69, 9.17) is 31.5 Å². The molecule has 1 atom stereocenters. The van der Waals surface area contributed by atoms with Gasteiger partial charge in [-0.15, -0.1) is 5.10 Å². The number of H-pyrrole nitrogens is 1. The molecule has 0 amide bonds. The van der Waals surface area contributed by atoms with E-state index in [0.29, 0.717) is 34.6 Å². The number of nitriles is 1. The average molecular weight is 451 g/mol. The Hall–Kier alpha value is -3.63. The van der Waals surface area contributed by atoms with Gasteiger partial charge in [-0.05, 0) is 30.2 Å². The van der Waals surface area contributed by atoms with Crippen molar-refractivity contribution in [2.45, 2.75) is 32.3 Å². The summed E-state index contributed by atoms with van der Waals surface area (Å²) in [4.78, 5) is 0. The van der Waals surface area contributed by atoms with Crippen LogP contribution in [0.3, 0.4) is 0 Å². The van der Waals surface area contributed by atoms with Crippen molar-refractivity contribution >= 4 is 11.6 Å². The Labute approximate surface area is 191 Å². The predicted molar refractivity (Wildman–Crippen MR) is 121 cm³/mol. The van der Waals surface area contributed by atoms with Gasteiger partial charge < -0.3 is 19.9 Å². The summed E-state index contributed by atoms with van der Waals surface area (Å²) in [6.07, 6.45) is 1.69. The minimum atomic E-state index is -0.421. The Bertz CT molecular complexity index is 1210. The maximum Gasteiger partial charge on any atom is 0.244 e. The van der Waals surface area contributed by atoms with E-state index >= 15 is 0 Å². The van der Waals surface area contributed by atoms with E-state index in [0.717, 1.165) is 35.2 Å². The van der Waals surface area contributed by atoms with Gasteiger partial charge in [0.25, 0.3) is 0 Å². The Morgan fingerprint density at radius 3 is 2.78 bits per heavy atom. The van der Waals surface area contributed by atoms with Gasteiger partial charge in [-0.1, -0.05) is 49.2 Å². The van der Waals surface area contributed by atoms with E-state index in [-0.39, 0.29) is 5.88 Å². The number of aromatic nitrogens is 2. The lowest BCUT2D eigenvalue weighted by atomic mass is 9.83. The number of halogens is 1. The van der Waals surface area contributed by atoms with Gasteiger partial charge in [-0.25, -0.2) is 0 Å². The van der Waals surface area contributed by atoms with Crippen LogP contribution in [0.1, 0.15) is 41.6 Å². The zero-order valence-corrected chi connectivity index (χ0v) is 18.6. The number of nitrogens with one attached hydrogen (secondary N) is 1. The van der Waals surface area contributed by atoms with Crippen LogP contribution in [-0.4, -0.2) is 17.3 Å². The van der Waals surface area contributed by atoms with Crippen molar-refractivity contribution in [3.8, 4) is 23.4 Å². The minimum absolute atomic E-state index is 0.0533. The molecule has 0 spiro atoms. The first kappa shape index (κ1) is 21.6. The van der Waals surface area contributed by atoms with Crippen LogP contribution >= 0.6 is 11.6 Å². The van der Waals surface area contributed by atoms with Gasteiger partial charge in [0.1, 0.15) is 18.2 Å². The van der Waals surface area contributed by atoms with Crippen LogP contribution in [0, 0.1) is 11.3 Å². The molecule has 7 nitrogen and oxygen atoms in total. The molecule has 8 heteroatoms. The zero-order chi connectivity index (χ0) is 22.7. The molecule has 0 fully saturated rings. The van der Waals surface area contributed by atoms with Crippen molar-refractivity contribution in [3.05, 3.63) is 81.3 Å². The number of ether oxygens (including phenoxy) is 3. The van der Waals surface area contributed by atoms with Crippen LogP contribution in [-0.2, 0) is 13.0 Å². The van der Waals surface area contributed by atoms with E-state index in [9.17, 15) is 5.26 Å². The van der Waals surface area contributed by atoms with Gasteiger partial charge in [-0.2, -0.15) is 5.26 Å². The highest BCUT2D eigenvalue weighted by molar-refractivity contribution is 6.31. The second kappa shape index (κ2) is 9.25. The average Bonchev–Trinajstić information content (AvgIpc) is 3.19. The predicted octanol–water partition coefficient (Wildman–Crippen LogP) is 4.82. The van der Waals surface area contributed by atoms with E-state index < -0.39 is 5.92 Å². The second-order valence-corrected chi connectivity index (χ2v) is 7.79. The molecule has 0 saturated carbocycles. The third-order valence-corrected chi connectivity index (χ3v) is 5.75. The number of rotatable bonds is 7. The fourth-order valence-electron chi connectivity index (χ4n) is 3.84. The molecule has 3 N–H and O–H groups in total. The molecule has 0 aliphatic carbocycles. The van der Waals surface area contributed by atoms with Gasteiger partial charge in [0.15, 0.2) is 11.5 Å². The van der Waals surface area contributed by atoms with E-state index in [1.807, 2.05) is 42.5 Å². The van der Waals surface area contributed by atoms with E-state index in [1.54, 1.807) is 7.11 Å². The third-order valence-electron chi connectivity index (χ3n) is 5.38. The van der Waals surface area contributed by atoms with Crippen LogP contribution in [0.4, 0.5) is 0 Å². The largest absolute Gasteiger partial charge is 0.493 e. The molecule has 2 heterocycles. The van der Waals surface area contributed by atoms with Crippen LogP contribution < -0.4 is 19.9 Å². The van der Waals surface area contributed by atoms with Crippen LogP contribution in [0.2, 0.25) is 5.02 Å². The Kier molecular flexibility index (Phi) is 6.24. The highest BCUT2D eigenvalue weighted by atomic mass is 35.5. The number of nitrogens with two attached hydrogens (primary N) is 1. The summed E-state index contributed by atoms with van der Waals surface area (Å²) < 4.78 is 17.2. The molecule has 0 unspecified atom stereocenters. The highest BCUT2D eigenvalue weighted by Gasteiger charge is 2.35. The van der Waals surface area contributed by atoms with Crippen LogP contribution in [0.15, 0.2) is 53.9 Å². The lowest BCUT2D eigenvalue weighted by molar-refractivity contribution is 0.284. The van der Waals surface area contributed by atoms with Gasteiger partial charge in [0.2, 0.25) is 11.8 Å². The van der Waals surface area contributed by atoms with Gasteiger partial charge in [0.05, 0.1) is 13.0 Å². The lowest BCUT2D eigenvalue weighted by Gasteiger charge is -2.24. The monoisotopic (exact) mass is 450 g/mol. The standard InChI is InChI=1S/C24H23ClN4O3/c1-3-6-18-22-21(16(12-26)23(27)32-24(22)29-28-18)14-9-10-19(20(11-14)30-2)31-13-15-7-4-5-8-17(15)25/h4-5,7-11,21H,3,6,13,27H2,1-2H3,(H,28,29)/t21-/m1/s1. The van der Waals surface area contributed by atoms with Crippen molar-refractivity contribution in [1.82, 2.24) is 10.2 Å². The molecule has 0 saturated heterocycles. The number of hydrogen-bond acceptors (Lipinski definition) is 6. The Morgan fingerprint density at radius 2 is 2.06 bits per heavy atom. The summed E-state index contributed by atoms with van der Waals surface area (Å²) >= 11 is 6.23. The maximum atomic E-state index is 9.83. The van der Waals surface area contributed by atoms with E-state index in [1.165, 1.54) is 0 Å². The summed E-state index contributed by atoms with van der Waals surface area (Å²) in [6.45, 7) is 2.38. The number of aryl methyl sites for hydroxylation is 1. The SMILES string of the molecule is CCCc1[nH]nc2c1[C@H](c1ccc(OCc3ccccc3Cl)c(OC)c1)C(C#N)=C(N)O2. The van der Waals surface area contributed by atoms with Gasteiger partial charge in [-0.3, -0.25) is 5.10 Å². The number of hydrogen-bond donors (Lipinski definition) is 2. The lowest BCUT2D eigenvalue weighted by Crippen LogP contribution is -2.21. The Morgan fingerprint density at radius 1 is 1.25 bits per heavy atom. The Balaban J connectivity index is 1.71. The molecule has 1 aromatic heterocycles. The van der Waals surface area contributed by atoms with Crippen molar-refractivity contribution in [2.75, 3.05) is 7.11 Å². The smallest absolute Gasteiger partial charge is 0.244 e. The first-order valence-corrected chi connectivity index (χ1v) is 10.6. The van der Waals surface area contributed by atoms with Crippen LogP contribution in [0.25, 0.3) is 0 Å². The fourth-order valence-corrected chi connectivity index (χ4v) is 4.03. The van der Waals surface area contributed by atoms with Crippen molar-refractivity contribution < 1.29 is 14.2 Å². The number of nitrogens with zero attached hydrogens (tertiary/aromatic N) is 2. The number of aromatic amines is 1. The minimum Gasteiger partial charge on any atom is -0.493 e. The zero-order valence-electron chi connectivity index (χ0n) is 17.8. The molecule has 32 heavy (non-hydrogen) atoms. The van der Waals surface area contributed by atoms with Gasteiger partial charge >= 0.3 is 0 Å². The molecule has 1 aliphatic heterocycles. The summed E-state index contributed by atoms with van der Waals surface area (Å²) in [5, 5.41) is 17.8. The molecule has 0 radical (unpaired) electrons. The summed E-state index contributed by atoms with van der Waals surface area (Å²) in [7, 11) is 1.58. The number of fused-ring (bicyclic) bond motifs is 1. The molecule has 164 valence electrons. The van der Waals surface area contributed by atoms with Crippen molar-refractivity contribution in [3.63, 3.8) is 0 Å². The topological polar surface area (TPSA) is 106 Å². The summed E-state index contributed by atoms with van der Waals surface area (Å²) in [5.41, 5.74) is 9.84. The maximum absolute atomic E-state index is 9.83. The third kappa shape index (κ3) is 3.97.